The van der Waals surface area contributed by atoms with Crippen molar-refractivity contribution in [3.8, 4) is 5.88 Å². The highest BCUT2D eigenvalue weighted by molar-refractivity contribution is 7.87. The summed E-state index contributed by atoms with van der Waals surface area (Å²) in [4.78, 5) is 0. The van der Waals surface area contributed by atoms with Crippen LogP contribution in [0.25, 0.3) is 0 Å². The van der Waals surface area contributed by atoms with Crippen LogP contribution in [0.5, 0.6) is 5.88 Å². The Bertz CT molecular complexity index is 947. The Morgan fingerprint density at radius 1 is 1.48 bits per heavy atom. The SMILES string of the molecule is NS(=O)(=O)NCCCOc1nonc1/C(=N/O)N[C@H]1Cc2ccc(F)cc21. The summed E-state index contributed by atoms with van der Waals surface area (Å²) in [6.07, 6.45) is 0.923. The van der Waals surface area contributed by atoms with Crippen LogP contribution in [0.4, 0.5) is 4.39 Å². The van der Waals surface area contributed by atoms with E-state index in [1.807, 2.05) is 0 Å². The predicted molar refractivity (Wildman–Crippen MR) is 89.8 cm³/mol. The van der Waals surface area contributed by atoms with Crippen LogP contribution in [-0.2, 0) is 16.6 Å². The highest BCUT2D eigenvalue weighted by Crippen LogP contribution is 2.33. The first-order chi connectivity index (χ1) is 12.9. The standard InChI is InChI=1S/C14H17FN6O5S/c15-9-3-2-8-6-11(10(8)7-9)18-13(19-22)12-14(21-26-20-12)25-5-1-4-17-27(16,23)24/h2-3,7,11,17,22H,1,4-6H2,(H,18,19)(H2,16,23,24)/t11-/m0/s1. The van der Waals surface area contributed by atoms with E-state index in [4.69, 9.17) is 9.88 Å². The fourth-order valence-corrected chi connectivity index (χ4v) is 3.02. The van der Waals surface area contributed by atoms with Crippen LogP contribution in [0, 0.1) is 5.82 Å². The topological polar surface area (TPSA) is 165 Å². The summed E-state index contributed by atoms with van der Waals surface area (Å²) in [5.41, 5.74) is 1.77. The number of rotatable bonds is 8. The second-order valence-electron chi connectivity index (χ2n) is 5.75. The molecule has 1 atom stereocenters. The van der Waals surface area contributed by atoms with Crippen LogP contribution < -0.4 is 19.9 Å². The third kappa shape index (κ3) is 4.69. The second-order valence-corrected chi connectivity index (χ2v) is 7.13. The molecule has 11 nitrogen and oxygen atoms in total. The summed E-state index contributed by atoms with van der Waals surface area (Å²) < 4.78 is 47.0. The molecule has 5 N–H and O–H groups in total. The molecule has 0 saturated heterocycles. The molecule has 146 valence electrons. The number of fused-ring (bicyclic) bond motifs is 1. The number of aromatic nitrogens is 2. The molecular formula is C14H17FN6O5S. The number of hydrogen-bond donors (Lipinski definition) is 4. The molecule has 1 aromatic carbocycles. The fraction of sp³-hybridized carbons (Fsp3) is 0.357. The molecule has 0 aliphatic heterocycles. The van der Waals surface area contributed by atoms with Crippen LogP contribution in [0.1, 0.15) is 29.3 Å². The van der Waals surface area contributed by atoms with Gasteiger partial charge in [0.15, 0.2) is 0 Å². The monoisotopic (exact) mass is 400 g/mol. The van der Waals surface area contributed by atoms with Crippen molar-refractivity contribution in [3.63, 3.8) is 0 Å². The highest BCUT2D eigenvalue weighted by Gasteiger charge is 2.30. The summed E-state index contributed by atoms with van der Waals surface area (Å²) in [6.45, 7) is 0.156. The quantitative estimate of drug-likeness (QED) is 0.155. The Morgan fingerprint density at radius 2 is 2.30 bits per heavy atom. The molecule has 0 bridgehead atoms. The zero-order valence-electron chi connectivity index (χ0n) is 13.9. The molecule has 2 aromatic rings. The van der Waals surface area contributed by atoms with Crippen LogP contribution >= 0.6 is 0 Å². The van der Waals surface area contributed by atoms with Gasteiger partial charge in [-0.2, -0.15) is 8.42 Å². The first kappa shape index (κ1) is 19.0. The largest absolute Gasteiger partial charge is 0.474 e. The molecule has 1 heterocycles. The molecule has 0 amide bonds. The Labute approximate surface area is 153 Å². The van der Waals surface area contributed by atoms with Crippen LogP contribution in [0.15, 0.2) is 28.0 Å². The van der Waals surface area contributed by atoms with Crippen LogP contribution in [-0.4, -0.2) is 42.9 Å². The number of nitrogens with zero attached hydrogens (tertiary/aromatic N) is 3. The van der Waals surface area contributed by atoms with Gasteiger partial charge < -0.3 is 15.3 Å². The van der Waals surface area contributed by atoms with Crippen LogP contribution in [0.3, 0.4) is 0 Å². The van der Waals surface area contributed by atoms with Crippen molar-refractivity contribution >= 4 is 16.0 Å². The van der Waals surface area contributed by atoms with Crippen molar-refractivity contribution < 1.29 is 27.4 Å². The number of hydrogen-bond acceptors (Lipinski definition) is 8. The zero-order chi connectivity index (χ0) is 19.4. The summed E-state index contributed by atoms with van der Waals surface area (Å²) in [7, 11) is -3.76. The maximum Gasteiger partial charge on any atom is 0.287 e. The molecule has 0 unspecified atom stereocenters. The second kappa shape index (κ2) is 7.85. The molecule has 27 heavy (non-hydrogen) atoms. The molecule has 1 aliphatic rings. The van der Waals surface area contributed by atoms with Gasteiger partial charge >= 0.3 is 0 Å². The lowest BCUT2D eigenvalue weighted by Crippen LogP contribution is -2.36. The van der Waals surface area contributed by atoms with Gasteiger partial charge in [-0.3, -0.25) is 0 Å². The first-order valence-electron chi connectivity index (χ1n) is 7.87. The van der Waals surface area contributed by atoms with E-state index < -0.39 is 10.2 Å². The molecule has 3 rings (SSSR count). The Kier molecular flexibility index (Phi) is 5.53. The highest BCUT2D eigenvalue weighted by atomic mass is 32.2. The number of benzene rings is 1. The minimum atomic E-state index is -3.76. The summed E-state index contributed by atoms with van der Waals surface area (Å²) in [6, 6.07) is 4.22. The number of oxime groups is 1. The minimum absolute atomic E-state index is 0.0294. The summed E-state index contributed by atoms with van der Waals surface area (Å²) in [5, 5.41) is 27.4. The van der Waals surface area contributed by atoms with E-state index in [2.05, 4.69) is 30.1 Å². The van der Waals surface area contributed by atoms with Crippen molar-refractivity contribution in [2.75, 3.05) is 13.2 Å². The zero-order valence-corrected chi connectivity index (χ0v) is 14.7. The maximum absolute atomic E-state index is 13.4. The number of halogens is 1. The van der Waals surface area contributed by atoms with Gasteiger partial charge in [-0.1, -0.05) is 11.2 Å². The van der Waals surface area contributed by atoms with Gasteiger partial charge in [0.05, 0.1) is 12.6 Å². The van der Waals surface area contributed by atoms with Crippen LogP contribution in [0.2, 0.25) is 0 Å². The summed E-state index contributed by atoms with van der Waals surface area (Å²) in [5.74, 6) is -0.443. The molecule has 0 saturated carbocycles. The van der Waals surface area contributed by atoms with E-state index in [9.17, 15) is 18.0 Å². The number of nitrogens with two attached hydrogens (primary N) is 1. The van der Waals surface area contributed by atoms with Crippen molar-refractivity contribution in [2.24, 2.45) is 10.3 Å². The Balaban J connectivity index is 1.58. The number of ether oxygens (including phenoxy) is 1. The van der Waals surface area contributed by atoms with Crippen molar-refractivity contribution in [3.05, 3.63) is 40.8 Å². The molecular weight excluding hydrogens is 383 g/mol. The maximum atomic E-state index is 13.4. The molecule has 13 heteroatoms. The van der Waals surface area contributed by atoms with E-state index in [1.165, 1.54) is 12.1 Å². The predicted octanol–water partition coefficient (Wildman–Crippen LogP) is -0.206. The lowest BCUT2D eigenvalue weighted by molar-refractivity contribution is 0.253. The third-order valence-electron chi connectivity index (χ3n) is 3.86. The van der Waals surface area contributed by atoms with Gasteiger partial charge in [-0.15, -0.1) is 0 Å². The van der Waals surface area contributed by atoms with Gasteiger partial charge in [-0.25, -0.2) is 18.9 Å². The van der Waals surface area contributed by atoms with E-state index in [1.54, 1.807) is 6.07 Å². The van der Waals surface area contributed by atoms with Gasteiger partial charge in [0.1, 0.15) is 5.82 Å². The smallest absolute Gasteiger partial charge is 0.287 e. The van der Waals surface area contributed by atoms with Crippen molar-refractivity contribution in [1.82, 2.24) is 20.4 Å². The molecule has 0 spiro atoms. The number of amidine groups is 1. The molecule has 0 fully saturated rings. The Morgan fingerprint density at radius 3 is 3.04 bits per heavy atom. The lowest BCUT2D eigenvalue weighted by atomic mass is 9.83. The van der Waals surface area contributed by atoms with Crippen molar-refractivity contribution in [2.45, 2.75) is 18.9 Å². The van der Waals surface area contributed by atoms with Crippen molar-refractivity contribution in [1.29, 1.82) is 0 Å². The molecule has 1 aliphatic carbocycles. The fourth-order valence-electron chi connectivity index (χ4n) is 2.59. The van der Waals surface area contributed by atoms with E-state index in [-0.39, 0.29) is 42.4 Å². The van der Waals surface area contributed by atoms with Gasteiger partial charge in [0.25, 0.3) is 16.1 Å². The van der Waals surface area contributed by atoms with E-state index >= 15 is 0 Å². The van der Waals surface area contributed by atoms with Gasteiger partial charge in [-0.05, 0) is 46.4 Å². The lowest BCUT2D eigenvalue weighted by Gasteiger charge is -2.31. The minimum Gasteiger partial charge on any atom is -0.474 e. The Hall–Kier alpha value is -2.77. The summed E-state index contributed by atoms with van der Waals surface area (Å²) >= 11 is 0. The van der Waals surface area contributed by atoms with Gasteiger partial charge in [0.2, 0.25) is 11.5 Å². The normalized spacial score (nSPS) is 16.5. The first-order valence-corrected chi connectivity index (χ1v) is 9.42. The molecule has 0 radical (unpaired) electrons. The molecule has 1 aromatic heterocycles. The number of nitrogens with one attached hydrogen (secondary N) is 2. The third-order valence-corrected chi connectivity index (χ3v) is 4.47. The van der Waals surface area contributed by atoms with E-state index in [0.29, 0.717) is 12.8 Å². The van der Waals surface area contributed by atoms with E-state index in [0.717, 1.165) is 11.1 Å². The average Bonchev–Trinajstić information content (AvgIpc) is 3.05. The van der Waals surface area contributed by atoms with Gasteiger partial charge in [0, 0.05) is 6.54 Å². The average molecular weight is 400 g/mol.